The Kier molecular flexibility index (Phi) is 4.56. The topological polar surface area (TPSA) is 38.3 Å². The van der Waals surface area contributed by atoms with E-state index in [-0.39, 0.29) is 12.0 Å². The van der Waals surface area contributed by atoms with E-state index >= 15 is 0 Å². The van der Waals surface area contributed by atoms with Crippen LogP contribution in [0.1, 0.15) is 24.8 Å². The smallest absolute Gasteiger partial charge is 0.323 e. The van der Waals surface area contributed by atoms with Gasteiger partial charge in [-0.2, -0.15) is 0 Å². The van der Waals surface area contributed by atoms with Gasteiger partial charge in [-0.3, -0.25) is 4.79 Å². The normalized spacial score (nSPS) is 19.9. The van der Waals surface area contributed by atoms with Gasteiger partial charge in [0.05, 0.1) is 6.61 Å². The summed E-state index contributed by atoms with van der Waals surface area (Å²) >= 11 is 0. The van der Waals surface area contributed by atoms with Gasteiger partial charge in [0.2, 0.25) is 0 Å². The minimum Gasteiger partial charge on any atom is -0.464 e. The highest BCUT2D eigenvalue weighted by atomic mass is 16.5. The van der Waals surface area contributed by atoms with Crippen molar-refractivity contribution >= 4 is 5.97 Å². The number of rotatable bonds is 4. The maximum atomic E-state index is 11.7. The van der Waals surface area contributed by atoms with Gasteiger partial charge in [0.1, 0.15) is 6.04 Å². The fourth-order valence-corrected chi connectivity index (χ4v) is 2.07. The standard InChI is InChI=1S/C14H19NO2/c16-14(13-8-4-5-10-15-13)17-11-9-12-6-2-1-3-7-12/h1-3,6-7,13,15H,4-5,8-11H2. The Morgan fingerprint density at radius 3 is 2.82 bits per heavy atom. The Labute approximate surface area is 102 Å². The Morgan fingerprint density at radius 1 is 1.29 bits per heavy atom. The molecule has 1 N–H and O–H groups in total. The van der Waals surface area contributed by atoms with Crippen LogP contribution >= 0.6 is 0 Å². The van der Waals surface area contributed by atoms with E-state index < -0.39 is 0 Å². The summed E-state index contributed by atoms with van der Waals surface area (Å²) in [6.45, 7) is 1.40. The summed E-state index contributed by atoms with van der Waals surface area (Å²) in [5.74, 6) is -0.0966. The van der Waals surface area contributed by atoms with Gasteiger partial charge in [0.15, 0.2) is 0 Å². The summed E-state index contributed by atoms with van der Waals surface area (Å²) in [5, 5.41) is 3.19. The summed E-state index contributed by atoms with van der Waals surface area (Å²) in [5.41, 5.74) is 1.21. The number of carbonyl (C=O) groups excluding carboxylic acids is 1. The van der Waals surface area contributed by atoms with Gasteiger partial charge in [-0.1, -0.05) is 36.8 Å². The fraction of sp³-hybridized carbons (Fsp3) is 0.500. The molecule has 2 rings (SSSR count). The van der Waals surface area contributed by atoms with Gasteiger partial charge in [0.25, 0.3) is 0 Å². The van der Waals surface area contributed by atoms with E-state index in [1.807, 2.05) is 30.3 Å². The van der Waals surface area contributed by atoms with Crippen molar-refractivity contribution in [3.05, 3.63) is 35.9 Å². The number of ether oxygens (including phenoxy) is 1. The molecule has 0 radical (unpaired) electrons. The summed E-state index contributed by atoms with van der Waals surface area (Å²) in [4.78, 5) is 11.7. The molecule has 1 unspecified atom stereocenters. The molecule has 0 spiro atoms. The van der Waals surface area contributed by atoms with E-state index in [1.54, 1.807) is 0 Å². The zero-order valence-electron chi connectivity index (χ0n) is 10.0. The van der Waals surface area contributed by atoms with Crippen molar-refractivity contribution in [2.45, 2.75) is 31.7 Å². The second-order valence-electron chi connectivity index (χ2n) is 4.41. The highest BCUT2D eigenvalue weighted by Gasteiger charge is 2.21. The molecule has 92 valence electrons. The van der Waals surface area contributed by atoms with Crippen molar-refractivity contribution < 1.29 is 9.53 Å². The first-order chi connectivity index (χ1) is 8.36. The van der Waals surface area contributed by atoms with Gasteiger partial charge < -0.3 is 10.1 Å². The zero-order chi connectivity index (χ0) is 11.9. The lowest BCUT2D eigenvalue weighted by molar-refractivity contribution is -0.146. The first-order valence-corrected chi connectivity index (χ1v) is 6.30. The Balaban J connectivity index is 1.69. The van der Waals surface area contributed by atoms with Crippen LogP contribution in [-0.2, 0) is 16.0 Å². The van der Waals surface area contributed by atoms with Crippen molar-refractivity contribution in [3.63, 3.8) is 0 Å². The summed E-state index contributed by atoms with van der Waals surface area (Å²) in [7, 11) is 0. The van der Waals surface area contributed by atoms with Gasteiger partial charge in [-0.15, -0.1) is 0 Å². The van der Waals surface area contributed by atoms with Gasteiger partial charge in [-0.25, -0.2) is 0 Å². The molecule has 0 saturated carbocycles. The fourth-order valence-electron chi connectivity index (χ4n) is 2.07. The first kappa shape index (κ1) is 12.1. The molecule has 0 bridgehead atoms. The predicted octanol–water partition coefficient (Wildman–Crippen LogP) is 1.91. The van der Waals surface area contributed by atoms with Crippen LogP contribution in [0.15, 0.2) is 30.3 Å². The minimum absolute atomic E-state index is 0.0838. The average Bonchev–Trinajstić information content (AvgIpc) is 2.41. The Morgan fingerprint density at radius 2 is 2.12 bits per heavy atom. The molecule has 3 nitrogen and oxygen atoms in total. The molecule has 0 aromatic heterocycles. The van der Waals surface area contributed by atoms with Crippen molar-refractivity contribution in [1.82, 2.24) is 5.32 Å². The molecular weight excluding hydrogens is 214 g/mol. The third kappa shape index (κ3) is 3.86. The predicted molar refractivity (Wildman–Crippen MR) is 66.7 cm³/mol. The molecule has 1 aromatic carbocycles. The Bertz CT molecular complexity index is 344. The summed E-state index contributed by atoms with van der Waals surface area (Å²) < 4.78 is 5.28. The lowest BCUT2D eigenvalue weighted by atomic mass is 10.1. The zero-order valence-corrected chi connectivity index (χ0v) is 10.0. The van der Waals surface area contributed by atoms with Crippen molar-refractivity contribution in [3.8, 4) is 0 Å². The summed E-state index contributed by atoms with van der Waals surface area (Å²) in [6.07, 6.45) is 3.97. The molecule has 1 fully saturated rings. The molecule has 17 heavy (non-hydrogen) atoms. The maximum Gasteiger partial charge on any atom is 0.323 e. The molecule has 0 aliphatic carbocycles. The Hall–Kier alpha value is -1.35. The lowest BCUT2D eigenvalue weighted by Gasteiger charge is -2.21. The second kappa shape index (κ2) is 6.40. The van der Waals surface area contributed by atoms with E-state index in [1.165, 1.54) is 5.56 Å². The molecule has 1 aromatic rings. The minimum atomic E-state index is -0.0966. The molecule has 3 heteroatoms. The second-order valence-corrected chi connectivity index (χ2v) is 4.41. The number of carbonyl (C=O) groups is 1. The lowest BCUT2D eigenvalue weighted by Crippen LogP contribution is -2.41. The number of hydrogen-bond acceptors (Lipinski definition) is 3. The number of benzene rings is 1. The first-order valence-electron chi connectivity index (χ1n) is 6.30. The highest BCUT2D eigenvalue weighted by Crippen LogP contribution is 2.08. The van der Waals surface area contributed by atoms with Crippen LogP contribution in [-0.4, -0.2) is 25.2 Å². The van der Waals surface area contributed by atoms with Gasteiger partial charge >= 0.3 is 5.97 Å². The van der Waals surface area contributed by atoms with Gasteiger partial charge in [-0.05, 0) is 24.9 Å². The van der Waals surface area contributed by atoms with E-state index in [9.17, 15) is 4.79 Å². The van der Waals surface area contributed by atoms with E-state index in [4.69, 9.17) is 4.74 Å². The number of hydrogen-bond donors (Lipinski definition) is 1. The van der Waals surface area contributed by atoms with Crippen molar-refractivity contribution in [2.75, 3.05) is 13.2 Å². The van der Waals surface area contributed by atoms with Crippen LogP contribution in [0.3, 0.4) is 0 Å². The quantitative estimate of drug-likeness (QED) is 0.807. The van der Waals surface area contributed by atoms with Gasteiger partial charge in [0, 0.05) is 6.42 Å². The highest BCUT2D eigenvalue weighted by molar-refractivity contribution is 5.75. The number of piperidine rings is 1. The van der Waals surface area contributed by atoms with Crippen LogP contribution in [0.25, 0.3) is 0 Å². The van der Waals surface area contributed by atoms with Crippen LogP contribution in [0.5, 0.6) is 0 Å². The molecule has 1 aliphatic rings. The number of esters is 1. The largest absolute Gasteiger partial charge is 0.464 e. The molecule has 1 aliphatic heterocycles. The van der Waals surface area contributed by atoms with Crippen LogP contribution in [0, 0.1) is 0 Å². The SMILES string of the molecule is O=C(OCCc1ccccc1)C1CCCCN1. The van der Waals surface area contributed by atoms with Crippen LogP contribution < -0.4 is 5.32 Å². The van der Waals surface area contributed by atoms with E-state index in [0.717, 1.165) is 32.2 Å². The third-order valence-corrected chi connectivity index (χ3v) is 3.07. The third-order valence-electron chi connectivity index (χ3n) is 3.07. The maximum absolute atomic E-state index is 11.7. The molecule has 1 heterocycles. The molecular formula is C14H19NO2. The molecule has 1 atom stereocenters. The van der Waals surface area contributed by atoms with Crippen molar-refractivity contribution in [2.24, 2.45) is 0 Å². The average molecular weight is 233 g/mol. The number of nitrogens with one attached hydrogen (secondary N) is 1. The van der Waals surface area contributed by atoms with E-state index in [2.05, 4.69) is 5.32 Å². The summed E-state index contributed by atoms with van der Waals surface area (Å²) in [6, 6.07) is 10.0. The molecule has 0 amide bonds. The van der Waals surface area contributed by atoms with Crippen LogP contribution in [0.2, 0.25) is 0 Å². The monoisotopic (exact) mass is 233 g/mol. The van der Waals surface area contributed by atoms with E-state index in [0.29, 0.717) is 6.61 Å². The van der Waals surface area contributed by atoms with Crippen LogP contribution in [0.4, 0.5) is 0 Å². The van der Waals surface area contributed by atoms with Crippen molar-refractivity contribution in [1.29, 1.82) is 0 Å². The molecule has 1 saturated heterocycles.